The molecule has 2 rings (SSSR count). The van der Waals surface area contributed by atoms with E-state index in [0.717, 1.165) is 16.7 Å². The normalized spacial score (nSPS) is 10.7. The van der Waals surface area contributed by atoms with Gasteiger partial charge in [-0.15, -0.1) is 0 Å². The summed E-state index contributed by atoms with van der Waals surface area (Å²) in [6.45, 7) is 0. The summed E-state index contributed by atoms with van der Waals surface area (Å²) in [7, 11) is 0. The molecule has 0 unspecified atom stereocenters. The van der Waals surface area contributed by atoms with E-state index in [9.17, 15) is 0 Å². The van der Waals surface area contributed by atoms with Gasteiger partial charge in [-0.3, -0.25) is 0 Å². The molecule has 0 fully saturated rings. The van der Waals surface area contributed by atoms with Gasteiger partial charge in [-0.05, 0) is 29.3 Å². The highest BCUT2D eigenvalue weighted by atomic mass is 79.9. The molecule has 0 nitrogen and oxygen atoms in total. The number of benzene rings is 2. The molecule has 0 heterocycles. The lowest BCUT2D eigenvalue weighted by Crippen LogP contribution is -1.85. The molecule has 0 aliphatic carbocycles. The van der Waals surface area contributed by atoms with Crippen molar-refractivity contribution in [2.75, 3.05) is 0 Å². The van der Waals surface area contributed by atoms with E-state index in [2.05, 4.69) is 15.9 Å². The van der Waals surface area contributed by atoms with Crippen LogP contribution in [-0.4, -0.2) is 0 Å². The first-order valence-corrected chi connectivity index (χ1v) is 7.65. The topological polar surface area (TPSA) is 0 Å². The highest BCUT2D eigenvalue weighted by Gasteiger charge is 2.10. The van der Waals surface area contributed by atoms with Crippen molar-refractivity contribution in [2.45, 2.75) is 5.33 Å². The van der Waals surface area contributed by atoms with Crippen LogP contribution in [0.3, 0.4) is 0 Å². The average molecular weight is 385 g/mol. The van der Waals surface area contributed by atoms with E-state index in [1.54, 1.807) is 12.1 Å². The van der Waals surface area contributed by atoms with E-state index < -0.39 is 0 Å². The van der Waals surface area contributed by atoms with E-state index in [-0.39, 0.29) is 0 Å². The zero-order valence-electron chi connectivity index (χ0n) is 8.98. The van der Waals surface area contributed by atoms with Gasteiger partial charge in [0.25, 0.3) is 0 Å². The van der Waals surface area contributed by atoms with E-state index in [0.29, 0.717) is 25.4 Å². The fourth-order valence-electron chi connectivity index (χ4n) is 1.59. The van der Waals surface area contributed by atoms with Crippen molar-refractivity contribution in [3.8, 4) is 11.1 Å². The van der Waals surface area contributed by atoms with Crippen LogP contribution in [0.15, 0.2) is 30.3 Å². The lowest BCUT2D eigenvalue weighted by atomic mass is 10.0. The molecule has 0 spiro atoms. The van der Waals surface area contributed by atoms with Gasteiger partial charge in [0.05, 0.1) is 10.0 Å². The predicted octanol–water partition coefficient (Wildman–Crippen LogP) is 6.86. The standard InChI is InChI=1S/C13H7BrCl4/c14-6-8-2-1-7(3-11(8)16)10-4-9(15)5-12(17)13(10)18/h1-5H,6H2. The summed E-state index contributed by atoms with van der Waals surface area (Å²) < 4.78 is 0. The number of hydrogen-bond donors (Lipinski definition) is 0. The van der Waals surface area contributed by atoms with Crippen LogP contribution in [0.25, 0.3) is 11.1 Å². The quantitative estimate of drug-likeness (QED) is 0.391. The van der Waals surface area contributed by atoms with Crippen molar-refractivity contribution in [2.24, 2.45) is 0 Å². The molecule has 5 heteroatoms. The first-order valence-electron chi connectivity index (χ1n) is 5.02. The van der Waals surface area contributed by atoms with Crippen LogP contribution >= 0.6 is 62.3 Å². The van der Waals surface area contributed by atoms with Gasteiger partial charge in [-0.25, -0.2) is 0 Å². The fraction of sp³-hybridized carbons (Fsp3) is 0.0769. The second kappa shape index (κ2) is 6.02. The van der Waals surface area contributed by atoms with Gasteiger partial charge >= 0.3 is 0 Å². The Hall–Kier alpha value is 0.0800. The van der Waals surface area contributed by atoms with Crippen molar-refractivity contribution in [3.05, 3.63) is 56.0 Å². The van der Waals surface area contributed by atoms with Gasteiger partial charge in [0, 0.05) is 20.9 Å². The van der Waals surface area contributed by atoms with Gasteiger partial charge in [-0.1, -0.05) is 74.5 Å². The van der Waals surface area contributed by atoms with Gasteiger partial charge in [0.1, 0.15) is 0 Å². The first kappa shape index (κ1) is 14.5. The SMILES string of the molecule is Clc1cc(Cl)c(Cl)c(-c2ccc(CBr)c(Cl)c2)c1. The molecule has 0 bridgehead atoms. The first-order chi connectivity index (χ1) is 8.52. The van der Waals surface area contributed by atoms with E-state index in [1.807, 2.05) is 18.2 Å². The summed E-state index contributed by atoms with van der Waals surface area (Å²) in [5, 5.41) is 2.83. The molecular formula is C13H7BrCl4. The van der Waals surface area contributed by atoms with Crippen LogP contribution in [0.4, 0.5) is 0 Å². The predicted molar refractivity (Wildman–Crippen MR) is 84.5 cm³/mol. The van der Waals surface area contributed by atoms with Gasteiger partial charge in [0.15, 0.2) is 0 Å². The molecule has 0 amide bonds. The zero-order chi connectivity index (χ0) is 13.3. The molecule has 0 atom stereocenters. The highest BCUT2D eigenvalue weighted by molar-refractivity contribution is 9.08. The number of alkyl halides is 1. The summed E-state index contributed by atoms with van der Waals surface area (Å²) in [6, 6.07) is 9.12. The molecule has 0 radical (unpaired) electrons. The highest BCUT2D eigenvalue weighted by Crippen LogP contribution is 2.37. The lowest BCUT2D eigenvalue weighted by molar-refractivity contribution is 1.43. The molecular weight excluding hydrogens is 378 g/mol. The Labute approximate surface area is 134 Å². The van der Waals surface area contributed by atoms with Crippen LogP contribution in [0, 0.1) is 0 Å². The Morgan fingerprint density at radius 3 is 2.22 bits per heavy atom. The molecule has 2 aromatic rings. The van der Waals surface area contributed by atoms with E-state index >= 15 is 0 Å². The summed E-state index contributed by atoms with van der Waals surface area (Å²) in [4.78, 5) is 0. The van der Waals surface area contributed by atoms with Crippen LogP contribution in [-0.2, 0) is 5.33 Å². The Morgan fingerprint density at radius 1 is 0.889 bits per heavy atom. The Balaban J connectivity index is 2.58. The smallest absolute Gasteiger partial charge is 0.0671 e. The minimum absolute atomic E-state index is 0.430. The van der Waals surface area contributed by atoms with Crippen molar-refractivity contribution in [1.82, 2.24) is 0 Å². The van der Waals surface area contributed by atoms with Gasteiger partial charge in [0.2, 0.25) is 0 Å². The van der Waals surface area contributed by atoms with Crippen LogP contribution in [0.1, 0.15) is 5.56 Å². The largest absolute Gasteiger partial charge is 0.0876 e. The zero-order valence-corrected chi connectivity index (χ0v) is 13.6. The molecule has 0 aliphatic rings. The third kappa shape index (κ3) is 2.97. The maximum atomic E-state index is 6.18. The second-order valence-electron chi connectivity index (χ2n) is 3.69. The fourth-order valence-corrected chi connectivity index (χ4v) is 3.20. The minimum Gasteiger partial charge on any atom is -0.0876 e. The minimum atomic E-state index is 0.430. The average Bonchev–Trinajstić information content (AvgIpc) is 2.33. The third-order valence-electron chi connectivity index (χ3n) is 2.50. The van der Waals surface area contributed by atoms with Crippen molar-refractivity contribution in [1.29, 1.82) is 0 Å². The molecule has 0 saturated heterocycles. The van der Waals surface area contributed by atoms with Crippen LogP contribution < -0.4 is 0 Å². The molecule has 2 aromatic carbocycles. The summed E-state index contributed by atoms with van der Waals surface area (Å²) in [5.74, 6) is 0. The second-order valence-corrected chi connectivity index (χ2v) is 5.88. The Morgan fingerprint density at radius 2 is 1.61 bits per heavy atom. The van der Waals surface area contributed by atoms with Gasteiger partial charge < -0.3 is 0 Å². The molecule has 0 saturated carbocycles. The summed E-state index contributed by atoms with van der Waals surface area (Å²) in [6.07, 6.45) is 0. The van der Waals surface area contributed by atoms with Crippen molar-refractivity contribution < 1.29 is 0 Å². The lowest BCUT2D eigenvalue weighted by Gasteiger charge is -2.09. The van der Waals surface area contributed by atoms with Gasteiger partial charge in [-0.2, -0.15) is 0 Å². The molecule has 0 aliphatic heterocycles. The molecule has 0 N–H and O–H groups in total. The Kier molecular flexibility index (Phi) is 4.85. The summed E-state index contributed by atoms with van der Waals surface area (Å²) in [5.41, 5.74) is 2.68. The number of rotatable bonds is 2. The molecule has 0 aromatic heterocycles. The van der Waals surface area contributed by atoms with Crippen LogP contribution in [0.2, 0.25) is 20.1 Å². The maximum absolute atomic E-state index is 6.18. The molecule has 94 valence electrons. The van der Waals surface area contributed by atoms with Crippen molar-refractivity contribution >= 4 is 62.3 Å². The van der Waals surface area contributed by atoms with Crippen LogP contribution in [0.5, 0.6) is 0 Å². The third-order valence-corrected chi connectivity index (χ3v) is 4.48. The van der Waals surface area contributed by atoms with E-state index in [1.165, 1.54) is 0 Å². The van der Waals surface area contributed by atoms with E-state index in [4.69, 9.17) is 46.4 Å². The Bertz CT molecular complexity index is 596. The number of halogens is 5. The van der Waals surface area contributed by atoms with Crippen molar-refractivity contribution in [3.63, 3.8) is 0 Å². The monoisotopic (exact) mass is 382 g/mol. The summed E-state index contributed by atoms with van der Waals surface area (Å²) >= 11 is 27.7. The molecule has 18 heavy (non-hydrogen) atoms. The maximum Gasteiger partial charge on any atom is 0.0671 e. The number of hydrogen-bond acceptors (Lipinski definition) is 0.